The molecule has 0 saturated carbocycles. The third-order valence-corrected chi connectivity index (χ3v) is 4.99. The van der Waals surface area contributed by atoms with Crippen molar-refractivity contribution in [1.29, 1.82) is 0 Å². The number of aromatic nitrogens is 3. The summed E-state index contributed by atoms with van der Waals surface area (Å²) < 4.78 is 18.7. The molecule has 0 aliphatic rings. The molecule has 1 N–H and O–H groups in total. The third kappa shape index (κ3) is 4.87. The number of rotatable bonds is 8. The van der Waals surface area contributed by atoms with Crippen molar-refractivity contribution < 1.29 is 14.2 Å². The van der Waals surface area contributed by atoms with Crippen LogP contribution in [0, 0.1) is 4.77 Å². The largest absolute Gasteiger partial charge is 0.497 e. The number of nitrogens with one attached hydrogen (secondary N) is 1. The molecular formula is C24H22N4O3S. The van der Waals surface area contributed by atoms with Crippen LogP contribution in [-0.2, 0) is 6.61 Å². The predicted octanol–water partition coefficient (Wildman–Crippen LogP) is 5.09. The van der Waals surface area contributed by atoms with E-state index in [2.05, 4.69) is 15.3 Å². The Morgan fingerprint density at radius 3 is 2.59 bits per heavy atom. The molecule has 0 bridgehead atoms. The van der Waals surface area contributed by atoms with Crippen molar-refractivity contribution >= 4 is 18.4 Å². The first-order valence-corrected chi connectivity index (χ1v) is 10.3. The van der Waals surface area contributed by atoms with Crippen molar-refractivity contribution in [2.75, 3.05) is 14.2 Å². The minimum absolute atomic E-state index is 0.383. The summed E-state index contributed by atoms with van der Waals surface area (Å²) in [7, 11) is 3.23. The van der Waals surface area contributed by atoms with Crippen molar-refractivity contribution in [3.63, 3.8) is 0 Å². The number of hydrogen-bond donors (Lipinski definition) is 1. The number of H-pyrrole nitrogens is 1. The average molecular weight is 447 g/mol. The molecule has 32 heavy (non-hydrogen) atoms. The van der Waals surface area contributed by atoms with Gasteiger partial charge in [0.05, 0.1) is 20.4 Å². The van der Waals surface area contributed by atoms with Gasteiger partial charge in [-0.2, -0.15) is 14.9 Å². The Bertz CT molecular complexity index is 1280. The van der Waals surface area contributed by atoms with Crippen LogP contribution in [0.4, 0.5) is 0 Å². The highest BCUT2D eigenvalue weighted by Gasteiger charge is 2.10. The molecule has 0 fully saturated rings. The Labute approximate surface area is 190 Å². The molecule has 0 aliphatic heterocycles. The monoisotopic (exact) mass is 446 g/mol. The highest BCUT2D eigenvalue weighted by atomic mass is 32.1. The number of aromatic amines is 1. The van der Waals surface area contributed by atoms with Gasteiger partial charge in [-0.15, -0.1) is 0 Å². The highest BCUT2D eigenvalue weighted by molar-refractivity contribution is 7.71. The molecule has 1 aromatic heterocycles. The lowest BCUT2D eigenvalue weighted by Crippen LogP contribution is -1.99. The summed E-state index contributed by atoms with van der Waals surface area (Å²) in [5.74, 6) is 2.59. The summed E-state index contributed by atoms with van der Waals surface area (Å²) in [5.41, 5.74) is 2.74. The third-order valence-electron chi connectivity index (χ3n) is 4.73. The van der Waals surface area contributed by atoms with Gasteiger partial charge in [-0.05, 0) is 53.7 Å². The van der Waals surface area contributed by atoms with Gasteiger partial charge in [-0.1, -0.05) is 42.5 Å². The van der Waals surface area contributed by atoms with Gasteiger partial charge in [0.2, 0.25) is 4.77 Å². The van der Waals surface area contributed by atoms with Gasteiger partial charge in [0, 0.05) is 5.56 Å². The van der Waals surface area contributed by atoms with Gasteiger partial charge < -0.3 is 14.2 Å². The lowest BCUT2D eigenvalue weighted by molar-refractivity contribution is 0.284. The second-order valence-corrected chi connectivity index (χ2v) is 7.21. The van der Waals surface area contributed by atoms with Gasteiger partial charge >= 0.3 is 0 Å². The fraction of sp³-hybridized carbons (Fsp3) is 0.125. The van der Waals surface area contributed by atoms with Crippen LogP contribution in [0.25, 0.3) is 11.4 Å². The second-order valence-electron chi connectivity index (χ2n) is 6.83. The molecular weight excluding hydrogens is 424 g/mol. The fourth-order valence-corrected chi connectivity index (χ4v) is 3.27. The lowest BCUT2D eigenvalue weighted by Gasteiger charge is -2.11. The molecule has 0 radical (unpaired) electrons. The summed E-state index contributed by atoms with van der Waals surface area (Å²) in [4.78, 5) is 0. The maximum atomic E-state index is 5.92. The molecule has 0 amide bonds. The van der Waals surface area contributed by atoms with Gasteiger partial charge in [-0.3, -0.25) is 0 Å². The quantitative estimate of drug-likeness (QED) is 0.302. The molecule has 4 aromatic rings. The zero-order valence-electron chi connectivity index (χ0n) is 17.7. The molecule has 7 nitrogen and oxygen atoms in total. The smallest absolute Gasteiger partial charge is 0.216 e. The fourth-order valence-electron chi connectivity index (χ4n) is 3.09. The number of nitrogens with zero attached hydrogens (tertiary/aromatic N) is 3. The Morgan fingerprint density at radius 1 is 0.969 bits per heavy atom. The van der Waals surface area contributed by atoms with Crippen molar-refractivity contribution in [3.8, 4) is 28.6 Å². The van der Waals surface area contributed by atoms with E-state index in [1.807, 2.05) is 72.8 Å². The Morgan fingerprint density at radius 2 is 1.81 bits per heavy atom. The summed E-state index contributed by atoms with van der Waals surface area (Å²) >= 11 is 5.36. The molecule has 0 spiro atoms. The van der Waals surface area contributed by atoms with Crippen LogP contribution in [0.15, 0.2) is 77.9 Å². The zero-order chi connectivity index (χ0) is 22.3. The van der Waals surface area contributed by atoms with Gasteiger partial charge in [-0.25, -0.2) is 5.10 Å². The second kappa shape index (κ2) is 9.93. The maximum Gasteiger partial charge on any atom is 0.216 e. The first-order chi connectivity index (χ1) is 15.7. The van der Waals surface area contributed by atoms with Crippen LogP contribution in [-0.4, -0.2) is 35.3 Å². The van der Waals surface area contributed by atoms with Crippen molar-refractivity contribution in [3.05, 3.63) is 88.7 Å². The van der Waals surface area contributed by atoms with E-state index in [9.17, 15) is 0 Å². The molecule has 1 heterocycles. The zero-order valence-corrected chi connectivity index (χ0v) is 18.5. The average Bonchev–Trinajstić information content (AvgIpc) is 3.22. The van der Waals surface area contributed by atoms with Gasteiger partial charge in [0.1, 0.15) is 12.4 Å². The SMILES string of the molecule is COc1cccc(-c2n[nH]c(=S)n2/N=C/c2ccc(OCc3ccccc3)c(OC)c2)c1. The number of hydrogen-bond acceptors (Lipinski definition) is 6. The van der Waals surface area contributed by atoms with Crippen LogP contribution < -0.4 is 14.2 Å². The van der Waals surface area contributed by atoms with Crippen LogP contribution in [0.5, 0.6) is 17.2 Å². The molecule has 4 rings (SSSR count). The van der Waals surface area contributed by atoms with E-state index < -0.39 is 0 Å². The van der Waals surface area contributed by atoms with Crippen LogP contribution >= 0.6 is 12.2 Å². The summed E-state index contributed by atoms with van der Waals surface area (Å²) in [6.45, 7) is 0.457. The molecule has 0 atom stereocenters. The standard InChI is InChI=1S/C24H22N4O3S/c1-29-20-10-6-9-19(14-20)23-26-27-24(32)28(23)25-15-18-11-12-21(22(13-18)30-2)31-16-17-7-4-3-5-8-17/h3-15H,16H2,1-2H3,(H,27,32)/b25-15+. The van der Waals surface area contributed by atoms with Crippen LogP contribution in [0.1, 0.15) is 11.1 Å². The molecule has 3 aromatic carbocycles. The molecule has 0 unspecified atom stereocenters. The number of methoxy groups -OCH3 is 2. The first kappa shape index (κ1) is 21.3. The van der Waals surface area contributed by atoms with Crippen molar-refractivity contribution in [2.45, 2.75) is 6.61 Å². The van der Waals surface area contributed by atoms with Crippen LogP contribution in [0.2, 0.25) is 0 Å². The molecule has 0 saturated heterocycles. The number of ether oxygens (including phenoxy) is 3. The topological polar surface area (TPSA) is 73.7 Å². The van der Waals surface area contributed by atoms with Gasteiger partial charge in [0.15, 0.2) is 17.3 Å². The van der Waals surface area contributed by atoms with Crippen LogP contribution in [0.3, 0.4) is 0 Å². The summed E-state index contributed by atoms with van der Waals surface area (Å²) in [5, 5.41) is 11.6. The normalized spacial score (nSPS) is 10.9. The highest BCUT2D eigenvalue weighted by Crippen LogP contribution is 2.28. The minimum atomic E-state index is 0.383. The lowest BCUT2D eigenvalue weighted by atomic mass is 10.2. The van der Waals surface area contributed by atoms with E-state index in [0.717, 1.165) is 22.4 Å². The Balaban J connectivity index is 1.56. The van der Waals surface area contributed by atoms with E-state index in [-0.39, 0.29) is 0 Å². The van der Waals surface area contributed by atoms with E-state index in [1.54, 1.807) is 25.1 Å². The van der Waals surface area contributed by atoms with Crippen molar-refractivity contribution in [2.24, 2.45) is 5.10 Å². The minimum Gasteiger partial charge on any atom is -0.497 e. The first-order valence-electron chi connectivity index (χ1n) is 9.89. The van der Waals surface area contributed by atoms with E-state index in [0.29, 0.717) is 28.7 Å². The number of benzene rings is 3. The van der Waals surface area contributed by atoms with E-state index >= 15 is 0 Å². The molecule has 162 valence electrons. The Kier molecular flexibility index (Phi) is 6.62. The summed E-state index contributed by atoms with van der Waals surface area (Å²) in [6.07, 6.45) is 1.69. The van der Waals surface area contributed by atoms with E-state index in [4.69, 9.17) is 26.4 Å². The maximum absolute atomic E-state index is 5.92. The van der Waals surface area contributed by atoms with Gasteiger partial charge in [0.25, 0.3) is 0 Å². The Hall–Kier alpha value is -3.91. The molecule has 0 aliphatic carbocycles. The predicted molar refractivity (Wildman–Crippen MR) is 126 cm³/mol. The summed E-state index contributed by atoms with van der Waals surface area (Å²) in [6, 6.07) is 23.1. The van der Waals surface area contributed by atoms with Crippen molar-refractivity contribution in [1.82, 2.24) is 14.9 Å². The molecule has 8 heteroatoms. The van der Waals surface area contributed by atoms with E-state index in [1.165, 1.54) is 0 Å².